The molecule has 156 valence electrons. The van der Waals surface area contributed by atoms with Crippen LogP contribution in [0.25, 0.3) is 16.9 Å². The van der Waals surface area contributed by atoms with Gasteiger partial charge in [0.25, 0.3) is 5.91 Å². The van der Waals surface area contributed by atoms with Crippen molar-refractivity contribution in [2.45, 2.75) is 31.3 Å². The highest BCUT2D eigenvalue weighted by atomic mass is 16.5. The molecule has 30 heavy (non-hydrogen) atoms. The lowest BCUT2D eigenvalue weighted by Crippen LogP contribution is -2.41. The molecule has 0 spiro atoms. The van der Waals surface area contributed by atoms with Crippen LogP contribution in [0.3, 0.4) is 0 Å². The molecule has 3 aromatic rings. The number of esters is 1. The fourth-order valence-corrected chi connectivity index (χ4v) is 3.97. The van der Waals surface area contributed by atoms with Gasteiger partial charge in [0.05, 0.1) is 19.1 Å². The van der Waals surface area contributed by atoms with Gasteiger partial charge in [-0.3, -0.25) is 19.1 Å². The van der Waals surface area contributed by atoms with Gasteiger partial charge in [-0.05, 0) is 38.1 Å². The number of carbonyl (C=O) groups excluding carboxylic acids is 2. The number of pyridine rings is 1. The van der Waals surface area contributed by atoms with Crippen LogP contribution in [0.5, 0.6) is 0 Å². The van der Waals surface area contributed by atoms with Crippen LogP contribution in [0.2, 0.25) is 0 Å². The smallest absolute Gasteiger partial charge is 0.307 e. The second-order valence-electron chi connectivity index (χ2n) is 7.56. The van der Waals surface area contributed by atoms with E-state index in [4.69, 9.17) is 4.74 Å². The average molecular weight is 407 g/mol. The Morgan fingerprint density at radius 1 is 1.17 bits per heavy atom. The van der Waals surface area contributed by atoms with Crippen molar-refractivity contribution in [2.24, 2.45) is 0 Å². The molecule has 0 aliphatic carbocycles. The van der Waals surface area contributed by atoms with Crippen LogP contribution in [0.1, 0.15) is 29.6 Å². The number of hydrogen-bond donors (Lipinski definition) is 1. The zero-order valence-electron chi connectivity index (χ0n) is 17.1. The molecule has 4 rings (SSSR count). The number of likely N-dealkylation sites (tertiary alicyclic amines) is 1. The van der Waals surface area contributed by atoms with Crippen molar-refractivity contribution in [1.29, 1.82) is 0 Å². The normalized spacial score (nSPS) is 19.1. The summed E-state index contributed by atoms with van der Waals surface area (Å²) < 4.78 is 6.66. The molecule has 8 heteroatoms. The average Bonchev–Trinajstić information content (AvgIpc) is 3.35. The molecule has 8 nitrogen and oxygen atoms in total. The SMILES string of the molecule is COC(=O)C[C@H]1CC[C@@H](CNC(=O)c2cnc3c(c2)ncn3-c2ccccc2)N1C. The maximum Gasteiger partial charge on any atom is 0.307 e. The zero-order chi connectivity index (χ0) is 21.1. The Bertz CT molecular complexity index is 1050. The number of amides is 1. The van der Waals surface area contributed by atoms with Crippen molar-refractivity contribution in [3.63, 3.8) is 0 Å². The van der Waals surface area contributed by atoms with Crippen LogP contribution in [0.4, 0.5) is 0 Å². The molecule has 0 unspecified atom stereocenters. The van der Waals surface area contributed by atoms with Crippen molar-refractivity contribution < 1.29 is 14.3 Å². The Kier molecular flexibility index (Phi) is 5.76. The van der Waals surface area contributed by atoms with Crippen LogP contribution < -0.4 is 5.32 Å². The summed E-state index contributed by atoms with van der Waals surface area (Å²) >= 11 is 0. The second kappa shape index (κ2) is 8.62. The second-order valence-corrected chi connectivity index (χ2v) is 7.56. The van der Waals surface area contributed by atoms with E-state index in [2.05, 4.69) is 20.2 Å². The highest BCUT2D eigenvalue weighted by Gasteiger charge is 2.32. The third kappa shape index (κ3) is 4.04. The fourth-order valence-electron chi connectivity index (χ4n) is 3.97. The summed E-state index contributed by atoms with van der Waals surface area (Å²) in [5, 5.41) is 2.99. The van der Waals surface area contributed by atoms with Gasteiger partial charge in [0, 0.05) is 30.5 Å². The van der Waals surface area contributed by atoms with E-state index in [1.165, 1.54) is 7.11 Å². The summed E-state index contributed by atoms with van der Waals surface area (Å²) in [6.07, 6.45) is 5.51. The molecule has 1 fully saturated rings. The molecule has 1 aliphatic heterocycles. The molecule has 2 atom stereocenters. The zero-order valence-corrected chi connectivity index (χ0v) is 17.1. The Morgan fingerprint density at radius 2 is 1.93 bits per heavy atom. The lowest BCUT2D eigenvalue weighted by molar-refractivity contribution is -0.141. The molecular weight excluding hydrogens is 382 g/mol. The molecule has 3 heterocycles. The standard InChI is InChI=1S/C22H25N5O3/c1-26-17(11-20(28)30-2)8-9-18(26)13-24-22(29)15-10-19-21(23-12-15)27(14-25-19)16-6-4-3-5-7-16/h3-7,10,12,14,17-18H,8-9,11,13H2,1-2H3,(H,24,29)/t17-,18+/m1/s1. The summed E-state index contributed by atoms with van der Waals surface area (Å²) in [4.78, 5) is 35.2. The predicted octanol–water partition coefficient (Wildman–Crippen LogP) is 2.18. The molecule has 0 bridgehead atoms. The summed E-state index contributed by atoms with van der Waals surface area (Å²) in [5.41, 5.74) is 2.82. The maximum absolute atomic E-state index is 12.7. The largest absolute Gasteiger partial charge is 0.469 e. The lowest BCUT2D eigenvalue weighted by Gasteiger charge is -2.25. The number of para-hydroxylation sites is 1. The topological polar surface area (TPSA) is 89.3 Å². The minimum absolute atomic E-state index is 0.152. The van der Waals surface area contributed by atoms with Crippen molar-refractivity contribution in [1.82, 2.24) is 24.8 Å². The molecule has 2 aromatic heterocycles. The van der Waals surface area contributed by atoms with E-state index >= 15 is 0 Å². The van der Waals surface area contributed by atoms with Gasteiger partial charge >= 0.3 is 5.97 Å². The number of nitrogens with one attached hydrogen (secondary N) is 1. The maximum atomic E-state index is 12.7. The van der Waals surface area contributed by atoms with Crippen LogP contribution in [-0.2, 0) is 9.53 Å². The number of rotatable bonds is 6. The van der Waals surface area contributed by atoms with Gasteiger partial charge in [-0.1, -0.05) is 18.2 Å². The van der Waals surface area contributed by atoms with Crippen LogP contribution in [-0.4, -0.2) is 64.1 Å². The van der Waals surface area contributed by atoms with Crippen LogP contribution in [0, 0.1) is 0 Å². The van der Waals surface area contributed by atoms with Gasteiger partial charge in [0.2, 0.25) is 0 Å². The van der Waals surface area contributed by atoms with E-state index in [1.807, 2.05) is 41.9 Å². The Labute approximate surface area is 174 Å². The number of methoxy groups -OCH3 is 1. The molecule has 1 aliphatic rings. The first-order valence-electron chi connectivity index (χ1n) is 10.0. The van der Waals surface area contributed by atoms with Gasteiger partial charge in [0.15, 0.2) is 5.65 Å². The van der Waals surface area contributed by atoms with Crippen molar-refractivity contribution in [3.8, 4) is 5.69 Å². The summed E-state index contributed by atoms with van der Waals surface area (Å²) in [7, 11) is 3.39. The third-order valence-corrected chi connectivity index (χ3v) is 5.80. The quantitative estimate of drug-likeness (QED) is 0.630. The Hall–Kier alpha value is -3.26. The monoisotopic (exact) mass is 407 g/mol. The molecule has 0 radical (unpaired) electrons. The van der Waals surface area contributed by atoms with E-state index in [1.54, 1.807) is 18.6 Å². The van der Waals surface area contributed by atoms with E-state index in [-0.39, 0.29) is 24.0 Å². The molecule has 0 saturated carbocycles. The Morgan fingerprint density at radius 3 is 2.70 bits per heavy atom. The van der Waals surface area contributed by atoms with Gasteiger partial charge in [-0.25, -0.2) is 9.97 Å². The van der Waals surface area contributed by atoms with E-state index in [9.17, 15) is 9.59 Å². The number of nitrogens with zero attached hydrogens (tertiary/aromatic N) is 4. The number of carbonyl (C=O) groups is 2. The number of fused-ring (bicyclic) bond motifs is 1. The van der Waals surface area contributed by atoms with Crippen molar-refractivity contribution in [2.75, 3.05) is 20.7 Å². The van der Waals surface area contributed by atoms with Gasteiger partial charge in [0.1, 0.15) is 11.8 Å². The number of aromatic nitrogens is 3. The van der Waals surface area contributed by atoms with Gasteiger partial charge < -0.3 is 10.1 Å². The highest BCUT2D eigenvalue weighted by Crippen LogP contribution is 2.24. The van der Waals surface area contributed by atoms with Crippen LogP contribution in [0.15, 0.2) is 48.9 Å². The number of imidazole rings is 1. The molecule has 1 aromatic carbocycles. The number of ether oxygens (including phenoxy) is 1. The minimum atomic E-state index is -0.203. The first kappa shape index (κ1) is 20.0. The van der Waals surface area contributed by atoms with Gasteiger partial charge in [-0.15, -0.1) is 0 Å². The number of benzene rings is 1. The van der Waals surface area contributed by atoms with Crippen molar-refractivity contribution in [3.05, 3.63) is 54.5 Å². The van der Waals surface area contributed by atoms with Crippen LogP contribution >= 0.6 is 0 Å². The molecule has 1 amide bonds. The number of hydrogen-bond acceptors (Lipinski definition) is 6. The molecule has 1 saturated heterocycles. The summed E-state index contributed by atoms with van der Waals surface area (Å²) in [5.74, 6) is -0.380. The lowest BCUT2D eigenvalue weighted by atomic mass is 10.1. The fraction of sp³-hybridized carbons (Fsp3) is 0.364. The summed E-state index contributed by atoms with van der Waals surface area (Å²) in [6.45, 7) is 0.517. The Balaban J connectivity index is 1.40. The number of likely N-dealkylation sites (N-methyl/N-ethyl adjacent to an activating group) is 1. The first-order valence-corrected chi connectivity index (χ1v) is 10.0. The van der Waals surface area contributed by atoms with Gasteiger partial charge in [-0.2, -0.15) is 0 Å². The molecular formula is C22H25N5O3. The summed E-state index contributed by atoms with van der Waals surface area (Å²) in [6, 6.07) is 11.9. The highest BCUT2D eigenvalue weighted by molar-refractivity contribution is 5.96. The third-order valence-electron chi connectivity index (χ3n) is 5.80. The molecule has 1 N–H and O–H groups in total. The van der Waals surface area contributed by atoms with E-state index in [0.717, 1.165) is 18.5 Å². The van der Waals surface area contributed by atoms with E-state index < -0.39 is 0 Å². The predicted molar refractivity (Wildman–Crippen MR) is 112 cm³/mol. The first-order chi connectivity index (χ1) is 14.6. The minimum Gasteiger partial charge on any atom is -0.469 e. The van der Waals surface area contributed by atoms with Crippen molar-refractivity contribution >= 4 is 23.0 Å². The van der Waals surface area contributed by atoms with E-state index in [0.29, 0.717) is 29.7 Å².